The van der Waals surface area contributed by atoms with E-state index in [2.05, 4.69) is 21.0 Å². The van der Waals surface area contributed by atoms with Crippen LogP contribution in [-0.2, 0) is 0 Å². The summed E-state index contributed by atoms with van der Waals surface area (Å²) < 4.78 is 7.10. The van der Waals surface area contributed by atoms with Crippen LogP contribution in [-0.4, -0.2) is 58.9 Å². The van der Waals surface area contributed by atoms with E-state index in [0.717, 1.165) is 41.7 Å². The number of carbonyl (C=O) groups excluding carboxylic acids is 1. The van der Waals surface area contributed by atoms with E-state index in [1.165, 1.54) is 0 Å². The molecule has 1 saturated heterocycles. The van der Waals surface area contributed by atoms with Gasteiger partial charge in [-0.3, -0.25) is 4.79 Å². The molecule has 3 aromatic rings. The van der Waals surface area contributed by atoms with Crippen LogP contribution in [0.15, 0.2) is 48.7 Å². The van der Waals surface area contributed by atoms with Crippen molar-refractivity contribution >= 4 is 11.6 Å². The second-order valence-electron chi connectivity index (χ2n) is 7.22. The van der Waals surface area contributed by atoms with Gasteiger partial charge in [0.25, 0.3) is 5.91 Å². The van der Waals surface area contributed by atoms with Crippen LogP contribution in [0, 0.1) is 13.8 Å². The fourth-order valence-corrected chi connectivity index (χ4v) is 3.66. The highest BCUT2D eigenvalue weighted by Crippen LogP contribution is 2.22. The molecule has 0 radical (unpaired) electrons. The molecule has 0 saturated carbocycles. The summed E-state index contributed by atoms with van der Waals surface area (Å²) >= 11 is 0. The number of carbonyl (C=O) groups is 1. The van der Waals surface area contributed by atoms with Gasteiger partial charge >= 0.3 is 0 Å². The molecule has 0 unspecified atom stereocenters. The molecule has 1 aromatic carbocycles. The van der Waals surface area contributed by atoms with Gasteiger partial charge in [0.1, 0.15) is 5.75 Å². The van der Waals surface area contributed by atoms with Crippen molar-refractivity contribution in [1.29, 1.82) is 0 Å². The first kappa shape index (κ1) is 19.0. The maximum Gasteiger partial charge on any atom is 0.255 e. The van der Waals surface area contributed by atoms with E-state index in [1.807, 2.05) is 55.1 Å². The maximum absolute atomic E-state index is 12.9. The number of amides is 1. The fourth-order valence-electron chi connectivity index (χ4n) is 3.66. The third kappa shape index (κ3) is 3.94. The predicted octanol–water partition coefficient (Wildman–Crippen LogP) is 2.86. The Labute approximate surface area is 170 Å². The van der Waals surface area contributed by atoms with Gasteiger partial charge in [0.2, 0.25) is 0 Å². The van der Waals surface area contributed by atoms with Crippen LogP contribution in [0.25, 0.3) is 5.82 Å². The molecule has 0 N–H and O–H groups in total. The van der Waals surface area contributed by atoms with Gasteiger partial charge in [0.05, 0.1) is 18.4 Å². The van der Waals surface area contributed by atoms with E-state index in [9.17, 15) is 4.79 Å². The number of piperazine rings is 1. The summed E-state index contributed by atoms with van der Waals surface area (Å²) in [5, 5.41) is 4.44. The van der Waals surface area contributed by atoms with E-state index in [1.54, 1.807) is 18.0 Å². The lowest BCUT2D eigenvalue weighted by Gasteiger charge is -2.36. The topological polar surface area (TPSA) is 63.5 Å². The normalized spacial score (nSPS) is 14.2. The molecule has 29 heavy (non-hydrogen) atoms. The standard InChI is InChI=1S/C22H25N5O2/c1-16-13-17(2)27(24-16)21-8-7-18(15-23-21)22(28)26-11-9-25(10-12-26)19-5-4-6-20(14-19)29-3/h4-8,13-15H,9-12H2,1-3H3. The Kier molecular flexibility index (Phi) is 5.20. The zero-order valence-corrected chi connectivity index (χ0v) is 17.0. The average molecular weight is 391 g/mol. The van der Waals surface area contributed by atoms with Crippen molar-refractivity contribution in [3.05, 3.63) is 65.6 Å². The number of rotatable bonds is 4. The summed E-state index contributed by atoms with van der Waals surface area (Å²) in [4.78, 5) is 21.5. The van der Waals surface area contributed by atoms with Gasteiger partial charge in [-0.15, -0.1) is 0 Å². The first-order valence-electron chi connectivity index (χ1n) is 9.73. The highest BCUT2D eigenvalue weighted by molar-refractivity contribution is 5.94. The van der Waals surface area contributed by atoms with Crippen molar-refractivity contribution in [3.63, 3.8) is 0 Å². The highest BCUT2D eigenvalue weighted by atomic mass is 16.5. The lowest BCUT2D eigenvalue weighted by molar-refractivity contribution is 0.0746. The van der Waals surface area contributed by atoms with Gasteiger partial charge in [0, 0.05) is 49.8 Å². The van der Waals surface area contributed by atoms with Crippen LogP contribution in [0.4, 0.5) is 5.69 Å². The summed E-state index contributed by atoms with van der Waals surface area (Å²) in [7, 11) is 1.67. The van der Waals surface area contributed by atoms with Crippen molar-refractivity contribution < 1.29 is 9.53 Å². The zero-order chi connectivity index (χ0) is 20.4. The van der Waals surface area contributed by atoms with Gasteiger partial charge in [-0.1, -0.05) is 6.07 Å². The molecule has 0 spiro atoms. The lowest BCUT2D eigenvalue weighted by Crippen LogP contribution is -2.48. The second kappa shape index (κ2) is 7.95. The molecule has 1 fully saturated rings. The van der Waals surface area contributed by atoms with Gasteiger partial charge < -0.3 is 14.5 Å². The van der Waals surface area contributed by atoms with Crippen molar-refractivity contribution in [2.45, 2.75) is 13.8 Å². The third-order valence-electron chi connectivity index (χ3n) is 5.21. The van der Waals surface area contributed by atoms with E-state index < -0.39 is 0 Å². The molecule has 0 bridgehead atoms. The number of methoxy groups -OCH3 is 1. The summed E-state index contributed by atoms with van der Waals surface area (Å²) in [6, 6.07) is 13.7. The number of nitrogens with zero attached hydrogens (tertiary/aromatic N) is 5. The Balaban J connectivity index is 1.41. The Morgan fingerprint density at radius 3 is 2.45 bits per heavy atom. The minimum atomic E-state index is 0.0164. The predicted molar refractivity (Wildman–Crippen MR) is 112 cm³/mol. The fraction of sp³-hybridized carbons (Fsp3) is 0.318. The first-order chi connectivity index (χ1) is 14.0. The lowest BCUT2D eigenvalue weighted by atomic mass is 10.2. The first-order valence-corrected chi connectivity index (χ1v) is 9.73. The van der Waals surface area contributed by atoms with Crippen molar-refractivity contribution in [2.24, 2.45) is 0 Å². The summed E-state index contributed by atoms with van der Waals surface area (Å²) in [6.07, 6.45) is 1.64. The number of anilines is 1. The van der Waals surface area contributed by atoms with Gasteiger partial charge in [0.15, 0.2) is 5.82 Å². The van der Waals surface area contributed by atoms with E-state index in [4.69, 9.17) is 4.74 Å². The number of aromatic nitrogens is 3. The Morgan fingerprint density at radius 1 is 1.03 bits per heavy atom. The molecular weight excluding hydrogens is 366 g/mol. The minimum Gasteiger partial charge on any atom is -0.497 e. The SMILES string of the molecule is COc1cccc(N2CCN(C(=O)c3ccc(-n4nc(C)cc4C)nc3)CC2)c1. The van der Waals surface area contributed by atoms with E-state index >= 15 is 0 Å². The second-order valence-corrected chi connectivity index (χ2v) is 7.22. The minimum absolute atomic E-state index is 0.0164. The highest BCUT2D eigenvalue weighted by Gasteiger charge is 2.23. The number of hydrogen-bond acceptors (Lipinski definition) is 5. The molecule has 4 rings (SSSR count). The molecule has 1 amide bonds. The van der Waals surface area contributed by atoms with Crippen molar-refractivity contribution in [1.82, 2.24) is 19.7 Å². The van der Waals surface area contributed by atoms with Gasteiger partial charge in [-0.05, 0) is 44.2 Å². The molecule has 7 nitrogen and oxygen atoms in total. The molecule has 0 atom stereocenters. The van der Waals surface area contributed by atoms with Crippen LogP contribution in [0.5, 0.6) is 5.75 Å². The van der Waals surface area contributed by atoms with Crippen LogP contribution in [0.1, 0.15) is 21.7 Å². The van der Waals surface area contributed by atoms with Gasteiger partial charge in [-0.25, -0.2) is 9.67 Å². The van der Waals surface area contributed by atoms with Crippen LogP contribution >= 0.6 is 0 Å². The average Bonchev–Trinajstić information content (AvgIpc) is 3.11. The van der Waals surface area contributed by atoms with Crippen LogP contribution < -0.4 is 9.64 Å². The Morgan fingerprint density at radius 2 is 1.83 bits per heavy atom. The Bertz CT molecular complexity index is 1000. The number of aryl methyl sites for hydroxylation is 2. The Hall–Kier alpha value is -3.35. The largest absolute Gasteiger partial charge is 0.497 e. The molecule has 3 heterocycles. The van der Waals surface area contributed by atoms with Crippen molar-refractivity contribution in [3.8, 4) is 11.6 Å². The number of pyridine rings is 1. The number of ether oxygens (including phenoxy) is 1. The summed E-state index contributed by atoms with van der Waals surface area (Å²) in [5.41, 5.74) is 3.68. The maximum atomic E-state index is 12.9. The summed E-state index contributed by atoms with van der Waals surface area (Å²) in [5.74, 6) is 1.58. The van der Waals surface area contributed by atoms with Crippen molar-refractivity contribution in [2.75, 3.05) is 38.2 Å². The summed E-state index contributed by atoms with van der Waals surface area (Å²) in [6.45, 7) is 6.87. The number of hydrogen-bond donors (Lipinski definition) is 0. The molecule has 1 aliphatic heterocycles. The molecule has 150 valence electrons. The molecule has 2 aromatic heterocycles. The molecule has 1 aliphatic rings. The molecule has 0 aliphatic carbocycles. The monoisotopic (exact) mass is 391 g/mol. The van der Waals surface area contributed by atoms with E-state index in [-0.39, 0.29) is 5.91 Å². The molecular formula is C22H25N5O2. The van der Waals surface area contributed by atoms with Crippen LogP contribution in [0.2, 0.25) is 0 Å². The van der Waals surface area contributed by atoms with Crippen LogP contribution in [0.3, 0.4) is 0 Å². The van der Waals surface area contributed by atoms with Gasteiger partial charge in [-0.2, -0.15) is 5.10 Å². The third-order valence-corrected chi connectivity index (χ3v) is 5.21. The van der Waals surface area contributed by atoms with E-state index in [0.29, 0.717) is 18.7 Å². The number of benzene rings is 1. The quantitative estimate of drug-likeness (QED) is 0.684. The molecule has 7 heteroatoms. The smallest absolute Gasteiger partial charge is 0.255 e. The zero-order valence-electron chi connectivity index (χ0n) is 17.0.